The van der Waals surface area contributed by atoms with Crippen molar-refractivity contribution in [3.63, 3.8) is 0 Å². The zero-order valence-corrected chi connectivity index (χ0v) is 4.73. The van der Waals surface area contributed by atoms with Gasteiger partial charge < -0.3 is 0 Å². The van der Waals surface area contributed by atoms with Crippen molar-refractivity contribution in [1.29, 1.82) is 0 Å². The molecule has 9 heavy (non-hydrogen) atoms. The van der Waals surface area contributed by atoms with E-state index in [1.54, 1.807) is 5.43 Å². The van der Waals surface area contributed by atoms with Crippen LogP contribution in [0.4, 0.5) is 8.78 Å². The van der Waals surface area contributed by atoms with Gasteiger partial charge in [-0.2, -0.15) is 0 Å². The van der Waals surface area contributed by atoms with E-state index in [1.807, 2.05) is 0 Å². The summed E-state index contributed by atoms with van der Waals surface area (Å²) in [6, 6.07) is 0. The molecular weight excluding hydrogens is 130 g/mol. The number of halogens is 2. The number of carbonyl (C=O) groups excluding carboxylic acids is 1. The Hall–Kier alpha value is -0.710. The second-order valence-electron chi connectivity index (χ2n) is 1.64. The zero-order chi connectivity index (χ0) is 7.33. The van der Waals surface area contributed by atoms with Gasteiger partial charge in [-0.25, -0.2) is 14.6 Å². The van der Waals surface area contributed by atoms with Gasteiger partial charge in [0.1, 0.15) is 0 Å². The maximum absolute atomic E-state index is 11.1. The number of nitrogens with two attached hydrogens (primary N) is 1. The predicted molar refractivity (Wildman–Crippen MR) is 27.6 cm³/mol. The summed E-state index contributed by atoms with van der Waals surface area (Å²) in [6.07, 6.45) is 0.639. The quantitative estimate of drug-likeness (QED) is 0.232. The smallest absolute Gasteiger partial charge is 0.248 e. The van der Waals surface area contributed by atoms with Crippen LogP contribution in [0, 0.1) is 0 Å². The van der Waals surface area contributed by atoms with E-state index in [1.165, 1.54) is 0 Å². The van der Waals surface area contributed by atoms with Crippen LogP contribution < -0.4 is 11.3 Å². The van der Waals surface area contributed by atoms with Gasteiger partial charge in [-0.3, -0.25) is 10.2 Å². The summed E-state index contributed by atoms with van der Waals surface area (Å²) >= 11 is 0. The zero-order valence-electron chi connectivity index (χ0n) is 4.73. The second-order valence-corrected chi connectivity index (χ2v) is 1.64. The fourth-order valence-corrected chi connectivity index (χ4v) is 0.0945. The molecule has 0 aromatic rings. The van der Waals surface area contributed by atoms with Gasteiger partial charge in [0.05, 0.1) is 0 Å². The summed E-state index contributed by atoms with van der Waals surface area (Å²) in [5.41, 5.74) is 1.75. The van der Waals surface area contributed by atoms with Crippen molar-refractivity contribution in [3.05, 3.63) is 0 Å². The molecule has 0 spiro atoms. The van der Waals surface area contributed by atoms with Gasteiger partial charge in [0.2, 0.25) is 12.3 Å². The summed E-state index contributed by atoms with van der Waals surface area (Å²) in [4.78, 5) is 8.94. The first-order valence-corrected chi connectivity index (χ1v) is 2.40. The molecule has 54 valence electrons. The van der Waals surface area contributed by atoms with Crippen LogP contribution in [-0.2, 0) is 4.79 Å². The average Bonchev–Trinajstić information content (AvgIpc) is 2.47. The summed E-state index contributed by atoms with van der Waals surface area (Å²) < 4.78 is 22.3. The molecule has 0 aromatic carbocycles. The van der Waals surface area contributed by atoms with Crippen LogP contribution >= 0.6 is 0 Å². The number of hydrazine groups is 1. The van der Waals surface area contributed by atoms with Gasteiger partial charge in [0.25, 0.3) is 0 Å². The SMILES string of the molecule is FC1(F)CC1.NNC=O. The molecule has 0 bridgehead atoms. The minimum atomic E-state index is -2.25. The minimum absolute atomic E-state index is 0.118. The number of amides is 1. The first-order chi connectivity index (χ1) is 4.12. The van der Waals surface area contributed by atoms with Crippen molar-refractivity contribution in [2.45, 2.75) is 18.8 Å². The van der Waals surface area contributed by atoms with Crippen molar-refractivity contribution in [2.24, 2.45) is 5.84 Å². The molecule has 1 fully saturated rings. The number of hydrogen-bond acceptors (Lipinski definition) is 2. The Morgan fingerprint density at radius 3 is 1.78 bits per heavy atom. The Bertz CT molecular complexity index is 90.6. The van der Waals surface area contributed by atoms with Crippen LogP contribution in [0.3, 0.4) is 0 Å². The highest BCUT2D eigenvalue weighted by Crippen LogP contribution is 2.40. The van der Waals surface area contributed by atoms with E-state index >= 15 is 0 Å². The van der Waals surface area contributed by atoms with E-state index in [9.17, 15) is 8.78 Å². The second kappa shape index (κ2) is 3.34. The fraction of sp³-hybridized carbons (Fsp3) is 0.750. The van der Waals surface area contributed by atoms with Gasteiger partial charge in [-0.1, -0.05) is 0 Å². The molecule has 3 nitrogen and oxygen atoms in total. The molecule has 1 aliphatic rings. The predicted octanol–water partition coefficient (Wildman–Crippen LogP) is 0.0216. The van der Waals surface area contributed by atoms with Gasteiger partial charge in [-0.15, -0.1) is 0 Å². The Balaban J connectivity index is 0.000000148. The molecule has 0 heterocycles. The largest absolute Gasteiger partial charge is 0.297 e. The maximum atomic E-state index is 11.1. The lowest BCUT2D eigenvalue weighted by molar-refractivity contribution is -0.109. The van der Waals surface area contributed by atoms with E-state index in [0.29, 0.717) is 6.41 Å². The highest BCUT2D eigenvalue weighted by atomic mass is 19.3. The number of alkyl halides is 2. The molecule has 1 saturated carbocycles. The topological polar surface area (TPSA) is 55.1 Å². The molecule has 3 N–H and O–H groups in total. The van der Waals surface area contributed by atoms with Crippen LogP contribution in [0.1, 0.15) is 12.8 Å². The molecule has 0 radical (unpaired) electrons. The summed E-state index contributed by atoms with van der Waals surface area (Å²) in [6.45, 7) is 0. The van der Waals surface area contributed by atoms with Crippen molar-refractivity contribution >= 4 is 6.41 Å². The first-order valence-electron chi connectivity index (χ1n) is 2.40. The van der Waals surface area contributed by atoms with Crippen molar-refractivity contribution < 1.29 is 13.6 Å². The minimum Gasteiger partial charge on any atom is -0.297 e. The third-order valence-electron chi connectivity index (χ3n) is 0.696. The first kappa shape index (κ1) is 8.29. The monoisotopic (exact) mass is 138 g/mol. The summed E-state index contributed by atoms with van der Waals surface area (Å²) in [7, 11) is 0. The molecule has 0 unspecified atom stereocenters. The standard InChI is InChI=1S/C3H4F2.CH4N2O/c4-3(5)1-2-3;2-3-1-4/h1-2H2;1H,2H2,(H,3,4). The Labute approximate surface area is 51.2 Å². The molecule has 0 aliphatic heterocycles. The lowest BCUT2D eigenvalue weighted by Gasteiger charge is -1.76. The lowest BCUT2D eigenvalue weighted by atomic mass is 10.8. The Morgan fingerprint density at radius 2 is 1.78 bits per heavy atom. The third kappa shape index (κ3) is 7.29. The number of nitrogens with one attached hydrogen (secondary N) is 1. The molecule has 1 amide bonds. The van der Waals surface area contributed by atoms with Gasteiger partial charge in [0, 0.05) is 12.8 Å². The van der Waals surface area contributed by atoms with Crippen LogP contribution in [-0.4, -0.2) is 12.3 Å². The molecule has 0 saturated heterocycles. The third-order valence-corrected chi connectivity index (χ3v) is 0.696. The van der Waals surface area contributed by atoms with E-state index in [4.69, 9.17) is 4.79 Å². The fourth-order valence-electron chi connectivity index (χ4n) is 0.0945. The van der Waals surface area contributed by atoms with Gasteiger partial charge in [0.15, 0.2) is 0 Å². The number of rotatable bonds is 1. The summed E-state index contributed by atoms with van der Waals surface area (Å²) in [5.74, 6) is 2.16. The molecule has 0 aromatic heterocycles. The van der Waals surface area contributed by atoms with Crippen molar-refractivity contribution in [2.75, 3.05) is 0 Å². The van der Waals surface area contributed by atoms with Crippen molar-refractivity contribution in [1.82, 2.24) is 5.43 Å². The normalized spacial score (nSPS) is 19.0. The molecule has 1 rings (SSSR count). The summed E-state index contributed by atoms with van der Waals surface area (Å²) in [5, 5.41) is 0. The highest BCUT2D eigenvalue weighted by molar-refractivity contribution is 5.44. The Kier molecular flexibility index (Phi) is 3.08. The van der Waals surface area contributed by atoms with E-state index in [-0.39, 0.29) is 12.8 Å². The van der Waals surface area contributed by atoms with Crippen LogP contribution in [0.15, 0.2) is 0 Å². The molecular formula is C4H8F2N2O. The number of hydrogen-bond donors (Lipinski definition) is 2. The van der Waals surface area contributed by atoms with Gasteiger partial charge >= 0.3 is 0 Å². The van der Waals surface area contributed by atoms with E-state index in [2.05, 4.69) is 5.84 Å². The highest BCUT2D eigenvalue weighted by Gasteiger charge is 2.43. The lowest BCUT2D eigenvalue weighted by Crippen LogP contribution is -2.18. The molecule has 5 heteroatoms. The maximum Gasteiger partial charge on any atom is 0.248 e. The van der Waals surface area contributed by atoms with E-state index < -0.39 is 5.92 Å². The van der Waals surface area contributed by atoms with Crippen LogP contribution in [0.2, 0.25) is 0 Å². The number of carbonyl (C=O) groups is 1. The average molecular weight is 138 g/mol. The molecule has 0 atom stereocenters. The van der Waals surface area contributed by atoms with Crippen LogP contribution in [0.5, 0.6) is 0 Å². The Morgan fingerprint density at radius 1 is 1.56 bits per heavy atom. The van der Waals surface area contributed by atoms with E-state index in [0.717, 1.165) is 0 Å². The van der Waals surface area contributed by atoms with Crippen molar-refractivity contribution in [3.8, 4) is 0 Å². The molecule has 1 aliphatic carbocycles. The van der Waals surface area contributed by atoms with Crippen LogP contribution in [0.25, 0.3) is 0 Å². The van der Waals surface area contributed by atoms with Gasteiger partial charge in [-0.05, 0) is 0 Å².